The van der Waals surface area contributed by atoms with Gasteiger partial charge in [0.2, 0.25) is 0 Å². The monoisotopic (exact) mass is 174 g/mol. The van der Waals surface area contributed by atoms with Gasteiger partial charge in [-0.25, -0.2) is 0 Å². The van der Waals surface area contributed by atoms with Crippen molar-refractivity contribution in [3.8, 4) is 0 Å². The highest BCUT2D eigenvalue weighted by atomic mass is 16.7. The molecule has 0 aromatic heterocycles. The fraction of sp³-hybridized carbons (Fsp3) is 0.778. The maximum atomic E-state index is 5.15. The largest absolute Gasteiger partial charge is 0.382 e. The summed E-state index contributed by atoms with van der Waals surface area (Å²) in [4.78, 5) is 0. The maximum Gasteiger partial charge on any atom is 0.146 e. The van der Waals surface area contributed by atoms with Gasteiger partial charge >= 0.3 is 0 Å². The van der Waals surface area contributed by atoms with Gasteiger partial charge in [-0.2, -0.15) is 0 Å². The van der Waals surface area contributed by atoms with Crippen molar-refractivity contribution >= 4 is 0 Å². The van der Waals surface area contributed by atoms with E-state index in [2.05, 4.69) is 6.58 Å². The van der Waals surface area contributed by atoms with E-state index >= 15 is 0 Å². The first-order chi connectivity index (χ1) is 5.77. The highest BCUT2D eigenvalue weighted by Crippen LogP contribution is 1.94. The highest BCUT2D eigenvalue weighted by Gasteiger charge is 1.89. The third kappa shape index (κ3) is 9.62. The average Bonchev–Trinajstić information content (AvgIpc) is 2.02. The van der Waals surface area contributed by atoms with Crippen LogP contribution >= 0.6 is 0 Å². The van der Waals surface area contributed by atoms with Gasteiger partial charge in [-0.1, -0.05) is 5.57 Å². The maximum absolute atomic E-state index is 5.15. The second kappa shape index (κ2) is 8.71. The molecular formula is C9H18O3. The van der Waals surface area contributed by atoms with Crippen molar-refractivity contribution in [1.29, 1.82) is 0 Å². The van der Waals surface area contributed by atoms with Gasteiger partial charge in [0.25, 0.3) is 0 Å². The zero-order valence-electron chi connectivity index (χ0n) is 7.97. The quantitative estimate of drug-likeness (QED) is 0.318. The van der Waals surface area contributed by atoms with Crippen molar-refractivity contribution < 1.29 is 14.2 Å². The van der Waals surface area contributed by atoms with Crippen LogP contribution in [0.2, 0.25) is 0 Å². The second-order valence-electron chi connectivity index (χ2n) is 2.63. The van der Waals surface area contributed by atoms with E-state index in [0.29, 0.717) is 26.6 Å². The predicted octanol–water partition coefficient (Wildman–Crippen LogP) is 1.59. The van der Waals surface area contributed by atoms with Gasteiger partial charge in [0, 0.05) is 7.11 Å². The molecule has 0 heterocycles. The van der Waals surface area contributed by atoms with Gasteiger partial charge in [0.15, 0.2) is 0 Å². The van der Waals surface area contributed by atoms with Crippen LogP contribution in [-0.2, 0) is 14.2 Å². The summed E-state index contributed by atoms with van der Waals surface area (Å²) in [5.41, 5.74) is 1.13. The SMILES string of the molecule is C=C(C)CCOCOCCOC. The Morgan fingerprint density at radius 2 is 1.83 bits per heavy atom. The molecule has 0 radical (unpaired) electrons. The van der Waals surface area contributed by atoms with Crippen LogP contribution in [-0.4, -0.2) is 33.7 Å². The Kier molecular flexibility index (Phi) is 8.44. The van der Waals surface area contributed by atoms with Crippen molar-refractivity contribution in [1.82, 2.24) is 0 Å². The fourth-order valence-electron chi connectivity index (χ4n) is 0.565. The molecule has 0 bridgehead atoms. The van der Waals surface area contributed by atoms with Crippen LogP contribution in [0.1, 0.15) is 13.3 Å². The number of rotatable bonds is 8. The fourth-order valence-corrected chi connectivity index (χ4v) is 0.565. The molecule has 0 aliphatic rings. The summed E-state index contributed by atoms with van der Waals surface area (Å²) in [5.74, 6) is 0. The number of hydrogen-bond acceptors (Lipinski definition) is 3. The van der Waals surface area contributed by atoms with Gasteiger partial charge in [-0.15, -0.1) is 6.58 Å². The van der Waals surface area contributed by atoms with Crippen LogP contribution in [0.25, 0.3) is 0 Å². The Morgan fingerprint density at radius 3 is 2.42 bits per heavy atom. The summed E-state index contributed by atoms with van der Waals surface area (Å²) in [6, 6.07) is 0. The van der Waals surface area contributed by atoms with E-state index in [1.54, 1.807) is 7.11 Å². The standard InChI is InChI=1S/C9H18O3/c1-9(2)4-5-11-8-12-7-6-10-3/h1,4-8H2,2-3H3. The lowest BCUT2D eigenvalue weighted by Gasteiger charge is -2.04. The average molecular weight is 174 g/mol. The van der Waals surface area contributed by atoms with E-state index in [1.165, 1.54) is 0 Å². The van der Waals surface area contributed by atoms with Crippen LogP contribution in [0.4, 0.5) is 0 Å². The van der Waals surface area contributed by atoms with Crippen LogP contribution in [0, 0.1) is 0 Å². The summed E-state index contributed by atoms with van der Waals surface area (Å²) in [6.45, 7) is 7.97. The second-order valence-corrected chi connectivity index (χ2v) is 2.63. The zero-order chi connectivity index (χ0) is 9.23. The Morgan fingerprint density at radius 1 is 1.17 bits per heavy atom. The molecule has 3 nitrogen and oxygen atoms in total. The number of hydrogen-bond donors (Lipinski definition) is 0. The predicted molar refractivity (Wildman–Crippen MR) is 48.1 cm³/mol. The molecule has 12 heavy (non-hydrogen) atoms. The van der Waals surface area contributed by atoms with E-state index in [0.717, 1.165) is 12.0 Å². The molecule has 0 saturated heterocycles. The van der Waals surface area contributed by atoms with Gasteiger partial charge in [-0.3, -0.25) is 0 Å². The van der Waals surface area contributed by atoms with Crippen molar-refractivity contribution in [3.05, 3.63) is 12.2 Å². The zero-order valence-corrected chi connectivity index (χ0v) is 7.97. The van der Waals surface area contributed by atoms with Crippen molar-refractivity contribution in [3.63, 3.8) is 0 Å². The summed E-state index contributed by atoms with van der Waals surface area (Å²) in [6.07, 6.45) is 0.896. The van der Waals surface area contributed by atoms with E-state index in [4.69, 9.17) is 14.2 Å². The molecule has 0 amide bonds. The van der Waals surface area contributed by atoms with Crippen LogP contribution < -0.4 is 0 Å². The lowest BCUT2D eigenvalue weighted by atomic mass is 10.3. The minimum atomic E-state index is 0.344. The molecule has 0 aliphatic carbocycles. The first kappa shape index (κ1) is 11.6. The highest BCUT2D eigenvalue weighted by molar-refractivity contribution is 4.86. The molecule has 72 valence electrons. The molecule has 0 N–H and O–H groups in total. The third-order valence-electron chi connectivity index (χ3n) is 1.27. The lowest BCUT2D eigenvalue weighted by Crippen LogP contribution is -2.06. The summed E-state index contributed by atoms with van der Waals surface area (Å²) >= 11 is 0. The van der Waals surface area contributed by atoms with Crippen LogP contribution in [0.5, 0.6) is 0 Å². The molecule has 0 atom stereocenters. The Balaban J connectivity index is 2.86. The molecule has 0 unspecified atom stereocenters. The van der Waals surface area contributed by atoms with Crippen molar-refractivity contribution in [2.75, 3.05) is 33.7 Å². The lowest BCUT2D eigenvalue weighted by molar-refractivity contribution is -0.0646. The smallest absolute Gasteiger partial charge is 0.146 e. The summed E-state index contributed by atoms with van der Waals surface area (Å²) in [5, 5.41) is 0. The Bertz CT molecular complexity index is 112. The van der Waals surface area contributed by atoms with Gasteiger partial charge in [-0.05, 0) is 13.3 Å². The molecule has 0 saturated carbocycles. The van der Waals surface area contributed by atoms with Crippen molar-refractivity contribution in [2.45, 2.75) is 13.3 Å². The van der Waals surface area contributed by atoms with E-state index in [9.17, 15) is 0 Å². The van der Waals surface area contributed by atoms with Crippen LogP contribution in [0.15, 0.2) is 12.2 Å². The first-order valence-corrected chi connectivity index (χ1v) is 4.06. The van der Waals surface area contributed by atoms with Gasteiger partial charge < -0.3 is 14.2 Å². The van der Waals surface area contributed by atoms with Crippen LogP contribution in [0.3, 0.4) is 0 Å². The van der Waals surface area contributed by atoms with Gasteiger partial charge in [0.1, 0.15) is 6.79 Å². The molecule has 0 fully saturated rings. The minimum Gasteiger partial charge on any atom is -0.382 e. The molecule has 3 heteroatoms. The molecule has 0 aromatic rings. The summed E-state index contributed by atoms with van der Waals surface area (Å²) in [7, 11) is 1.64. The molecule has 0 spiro atoms. The third-order valence-corrected chi connectivity index (χ3v) is 1.27. The molecule has 0 aromatic carbocycles. The van der Waals surface area contributed by atoms with E-state index < -0.39 is 0 Å². The summed E-state index contributed by atoms with van der Waals surface area (Å²) < 4.78 is 15.0. The first-order valence-electron chi connectivity index (χ1n) is 4.06. The molecule has 0 aliphatic heterocycles. The number of methoxy groups -OCH3 is 1. The van der Waals surface area contributed by atoms with Crippen molar-refractivity contribution in [2.24, 2.45) is 0 Å². The Labute approximate surface area is 74.3 Å². The van der Waals surface area contributed by atoms with E-state index in [-0.39, 0.29) is 0 Å². The van der Waals surface area contributed by atoms with Gasteiger partial charge in [0.05, 0.1) is 19.8 Å². The van der Waals surface area contributed by atoms with E-state index in [1.807, 2.05) is 6.92 Å². The normalized spacial score (nSPS) is 10.2. The minimum absolute atomic E-state index is 0.344. The Hall–Kier alpha value is -0.380. The molecule has 0 rings (SSSR count). The molecular weight excluding hydrogens is 156 g/mol. The topological polar surface area (TPSA) is 27.7 Å². The number of ether oxygens (including phenoxy) is 3.